The molecular weight excluding hydrogens is 533 g/mol. The van der Waals surface area contributed by atoms with Crippen LogP contribution in [0.15, 0.2) is 18.5 Å². The van der Waals surface area contributed by atoms with E-state index in [0.717, 1.165) is 57.1 Å². The minimum Gasteiger partial charge on any atom is -0.353 e. The van der Waals surface area contributed by atoms with Gasteiger partial charge < -0.3 is 20.9 Å². The first-order valence-electron chi connectivity index (χ1n) is 14.2. The normalized spacial score (nSPS) is 22.2. The van der Waals surface area contributed by atoms with E-state index in [9.17, 15) is 14.0 Å². The molecule has 4 heterocycles. The molecule has 7 rings (SSSR count). The van der Waals surface area contributed by atoms with Crippen LogP contribution < -0.4 is 20.9 Å². The van der Waals surface area contributed by atoms with Gasteiger partial charge in [-0.25, -0.2) is 0 Å². The summed E-state index contributed by atoms with van der Waals surface area (Å²) < 4.78 is 15.3. The smallest absolute Gasteiger partial charge is 0.254 e. The lowest BCUT2D eigenvalue weighted by Crippen LogP contribution is -2.30. The zero-order chi connectivity index (χ0) is 27.2. The van der Waals surface area contributed by atoms with E-state index >= 15 is 0 Å². The van der Waals surface area contributed by atoms with Gasteiger partial charge in [-0.05, 0) is 75.0 Å². The summed E-state index contributed by atoms with van der Waals surface area (Å²) in [6, 6.07) is 3.18. The molecule has 3 fully saturated rings. The van der Waals surface area contributed by atoms with Gasteiger partial charge in [-0.1, -0.05) is 0 Å². The number of carbonyl (C=O) groups is 2. The van der Waals surface area contributed by atoms with E-state index in [1.165, 1.54) is 10.9 Å². The van der Waals surface area contributed by atoms with Gasteiger partial charge in [0, 0.05) is 42.5 Å². The van der Waals surface area contributed by atoms with Crippen molar-refractivity contribution >= 4 is 39.9 Å². The predicted octanol–water partition coefficient (Wildman–Crippen LogP) is 3.18. The maximum absolute atomic E-state index is 13.4. The van der Waals surface area contributed by atoms with Gasteiger partial charge >= 0.3 is 0 Å². The molecule has 3 aromatic rings. The highest BCUT2D eigenvalue weighted by molar-refractivity contribution is 7.17. The molecule has 4 aliphatic rings. The number of fused-ring (bicyclic) bond motifs is 1. The average Bonchev–Trinajstić information content (AvgIpc) is 3.85. The summed E-state index contributed by atoms with van der Waals surface area (Å²) in [5, 5.41) is 26.5. The van der Waals surface area contributed by atoms with E-state index in [-0.39, 0.29) is 29.8 Å². The summed E-state index contributed by atoms with van der Waals surface area (Å²) in [6.07, 6.45) is 9.18. The molecule has 2 atom stereocenters. The van der Waals surface area contributed by atoms with Crippen molar-refractivity contribution in [1.29, 1.82) is 0 Å². The minimum absolute atomic E-state index is 0.0221. The number of hydrogen-bond acceptors (Lipinski definition) is 9. The first-order chi connectivity index (χ1) is 19.5. The number of rotatable bonds is 9. The van der Waals surface area contributed by atoms with Crippen LogP contribution in [0.25, 0.3) is 0 Å². The maximum atomic E-state index is 13.4. The first kappa shape index (κ1) is 25.4. The number of hydrogen-bond donors (Lipinski definition) is 3. The Morgan fingerprint density at radius 2 is 1.95 bits per heavy atom. The van der Waals surface area contributed by atoms with Crippen LogP contribution in [0.1, 0.15) is 65.4 Å². The molecule has 0 spiro atoms. The Balaban J connectivity index is 1.08. The highest BCUT2D eigenvalue weighted by Crippen LogP contribution is 2.43. The van der Waals surface area contributed by atoms with Crippen LogP contribution in [0.4, 0.5) is 21.2 Å². The van der Waals surface area contributed by atoms with Gasteiger partial charge in [0.05, 0.1) is 5.56 Å². The molecule has 40 heavy (non-hydrogen) atoms. The SMILES string of the molecule is O=C(NCC1CC1)c1c(NC(=O)C2CC2)sc2c1C[C@@H](n1cnnc1N[C@H]1CCN(c3ccc(F)nn3)C1)CC2. The number of nitrogens with one attached hydrogen (secondary N) is 3. The fourth-order valence-electron chi connectivity index (χ4n) is 5.70. The highest BCUT2D eigenvalue weighted by Gasteiger charge is 2.35. The van der Waals surface area contributed by atoms with Crippen LogP contribution in [-0.4, -0.2) is 62.5 Å². The van der Waals surface area contributed by atoms with Gasteiger partial charge in [0.25, 0.3) is 5.91 Å². The number of carbonyl (C=O) groups excluding carboxylic acids is 2. The van der Waals surface area contributed by atoms with Crippen molar-refractivity contribution in [1.82, 2.24) is 30.3 Å². The van der Waals surface area contributed by atoms with Crippen LogP contribution in [-0.2, 0) is 17.6 Å². The molecule has 210 valence electrons. The summed E-state index contributed by atoms with van der Waals surface area (Å²) in [5.41, 5.74) is 1.66. The van der Waals surface area contributed by atoms with E-state index in [4.69, 9.17) is 0 Å². The Kier molecular flexibility index (Phi) is 6.60. The lowest BCUT2D eigenvalue weighted by Gasteiger charge is -2.26. The van der Waals surface area contributed by atoms with Crippen LogP contribution in [0.5, 0.6) is 0 Å². The molecule has 3 aliphatic carbocycles. The van der Waals surface area contributed by atoms with Crippen molar-refractivity contribution in [3.05, 3.63) is 40.4 Å². The van der Waals surface area contributed by atoms with Gasteiger partial charge in [0.15, 0.2) is 5.82 Å². The fraction of sp³-hybridized carbons (Fsp3) is 0.556. The quantitative estimate of drug-likeness (QED) is 0.361. The molecule has 0 radical (unpaired) electrons. The van der Waals surface area contributed by atoms with Gasteiger partial charge in [0.1, 0.15) is 11.3 Å². The van der Waals surface area contributed by atoms with Crippen molar-refractivity contribution in [2.24, 2.45) is 11.8 Å². The summed E-state index contributed by atoms with van der Waals surface area (Å²) >= 11 is 1.55. The highest BCUT2D eigenvalue weighted by atomic mass is 32.1. The third-order valence-corrected chi connectivity index (χ3v) is 9.53. The minimum atomic E-state index is -0.590. The first-order valence-corrected chi connectivity index (χ1v) is 15.0. The standard InChI is InChI=1S/C27H32FN9O2S/c28-21-7-8-22(34-33-21)36-10-9-17(13-36)31-27-35-30-14-37(27)18-5-6-20-19(11-18)23(25(39)29-12-15-1-2-15)26(40-20)32-24(38)16-3-4-16/h7-8,14-18H,1-6,9-13H2,(H,29,39)(H,31,35)(H,32,38)/t17-,18-/m0/s1. The second-order valence-electron chi connectivity index (χ2n) is 11.4. The Bertz CT molecular complexity index is 1420. The predicted molar refractivity (Wildman–Crippen MR) is 148 cm³/mol. The summed E-state index contributed by atoms with van der Waals surface area (Å²) in [7, 11) is 0. The number of aromatic nitrogens is 5. The van der Waals surface area contributed by atoms with Crippen molar-refractivity contribution < 1.29 is 14.0 Å². The van der Waals surface area contributed by atoms with Crippen molar-refractivity contribution in [2.75, 3.05) is 35.2 Å². The van der Waals surface area contributed by atoms with Crippen LogP contribution in [0.3, 0.4) is 0 Å². The molecule has 11 nitrogen and oxygen atoms in total. The number of nitrogens with zero attached hydrogens (tertiary/aromatic N) is 6. The maximum Gasteiger partial charge on any atom is 0.254 e. The molecule has 3 aromatic heterocycles. The van der Waals surface area contributed by atoms with E-state index in [0.29, 0.717) is 47.8 Å². The Morgan fingerprint density at radius 1 is 1.07 bits per heavy atom. The fourth-order valence-corrected chi connectivity index (χ4v) is 6.94. The van der Waals surface area contributed by atoms with Crippen molar-refractivity contribution in [3.8, 4) is 0 Å². The number of amides is 2. The van der Waals surface area contributed by atoms with Gasteiger partial charge in [0.2, 0.25) is 17.8 Å². The van der Waals surface area contributed by atoms with E-state index < -0.39 is 5.95 Å². The molecule has 13 heteroatoms. The summed E-state index contributed by atoms with van der Waals surface area (Å²) in [4.78, 5) is 29.3. The lowest BCUT2D eigenvalue weighted by molar-refractivity contribution is -0.117. The molecule has 3 N–H and O–H groups in total. The third kappa shape index (κ3) is 5.26. The largest absolute Gasteiger partial charge is 0.353 e. The number of aryl methyl sites for hydroxylation is 1. The summed E-state index contributed by atoms with van der Waals surface area (Å²) in [6.45, 7) is 2.16. The molecule has 2 saturated carbocycles. The van der Waals surface area contributed by atoms with E-state index in [2.05, 4.69) is 45.8 Å². The Labute approximate surface area is 234 Å². The topological polar surface area (TPSA) is 130 Å². The Hall–Kier alpha value is -3.61. The van der Waals surface area contributed by atoms with Gasteiger partial charge in [-0.2, -0.15) is 4.39 Å². The van der Waals surface area contributed by atoms with Crippen LogP contribution in [0.2, 0.25) is 0 Å². The molecule has 2 amide bonds. The van der Waals surface area contributed by atoms with Crippen LogP contribution in [0, 0.1) is 17.8 Å². The van der Waals surface area contributed by atoms with E-state index in [1.54, 1.807) is 23.7 Å². The van der Waals surface area contributed by atoms with Crippen molar-refractivity contribution in [2.45, 2.75) is 63.5 Å². The van der Waals surface area contributed by atoms with Gasteiger partial charge in [-0.3, -0.25) is 14.2 Å². The monoisotopic (exact) mass is 565 g/mol. The molecular formula is C27H32FN9O2S. The summed E-state index contributed by atoms with van der Waals surface area (Å²) in [5.74, 6) is 1.34. The Morgan fingerprint density at radius 3 is 2.73 bits per heavy atom. The molecule has 0 unspecified atom stereocenters. The number of halogens is 1. The lowest BCUT2D eigenvalue weighted by atomic mass is 9.91. The molecule has 1 aliphatic heterocycles. The number of thiophene rings is 1. The molecule has 0 aromatic carbocycles. The molecule has 0 bridgehead atoms. The van der Waals surface area contributed by atoms with Crippen LogP contribution >= 0.6 is 11.3 Å². The second kappa shape index (κ2) is 10.4. The molecule has 1 saturated heterocycles. The number of anilines is 3. The third-order valence-electron chi connectivity index (χ3n) is 8.33. The zero-order valence-electron chi connectivity index (χ0n) is 22.1. The average molecular weight is 566 g/mol. The van der Waals surface area contributed by atoms with Crippen molar-refractivity contribution in [3.63, 3.8) is 0 Å². The van der Waals surface area contributed by atoms with E-state index in [1.807, 2.05) is 0 Å². The van der Waals surface area contributed by atoms with Gasteiger partial charge in [-0.15, -0.1) is 31.7 Å². The second-order valence-corrected chi connectivity index (χ2v) is 12.5. The zero-order valence-corrected chi connectivity index (χ0v) is 22.9.